The number of amides is 4. The quantitative estimate of drug-likeness (QED) is 0.0710. The maximum absolute atomic E-state index is 13.1. The Balaban J connectivity index is 0.000000176. The molecular weight excluding hydrogens is 920 g/mol. The van der Waals surface area contributed by atoms with E-state index in [9.17, 15) is 23.6 Å². The molecule has 2 fully saturated rings. The second kappa shape index (κ2) is 25.5. The van der Waals surface area contributed by atoms with Crippen LogP contribution in [0.3, 0.4) is 0 Å². The molecule has 0 aromatic heterocycles. The summed E-state index contributed by atoms with van der Waals surface area (Å²) in [6.07, 6.45) is 1.55. The summed E-state index contributed by atoms with van der Waals surface area (Å²) in [7, 11) is 0. The second-order valence-electron chi connectivity index (χ2n) is 18.0. The first-order valence-electron chi connectivity index (χ1n) is 25.1. The minimum Gasteiger partial charge on any atom is -0.369 e. The van der Waals surface area contributed by atoms with E-state index in [-0.39, 0.29) is 35.7 Å². The number of nitrogens with one attached hydrogen (secondary N) is 7. The predicted molar refractivity (Wildman–Crippen MR) is 286 cm³/mol. The Bertz CT molecular complexity index is 2890. The van der Waals surface area contributed by atoms with E-state index < -0.39 is 5.82 Å². The molecule has 4 heterocycles. The van der Waals surface area contributed by atoms with Crippen LogP contribution < -0.4 is 42.1 Å². The van der Waals surface area contributed by atoms with Crippen molar-refractivity contribution in [3.05, 3.63) is 207 Å². The van der Waals surface area contributed by atoms with Gasteiger partial charge < -0.3 is 42.1 Å². The molecule has 0 bridgehead atoms. The molecule has 0 saturated carbocycles. The zero-order valence-electron chi connectivity index (χ0n) is 41.3. The Kier molecular flexibility index (Phi) is 18.0. The number of benzene rings is 6. The van der Waals surface area contributed by atoms with Gasteiger partial charge in [-0.3, -0.25) is 29.2 Å². The van der Waals surface area contributed by atoms with E-state index in [1.54, 1.807) is 12.1 Å². The van der Waals surface area contributed by atoms with Gasteiger partial charge in [0.25, 0.3) is 23.6 Å². The lowest BCUT2D eigenvalue weighted by atomic mass is 10.0. The van der Waals surface area contributed by atoms with E-state index in [2.05, 4.69) is 59.0 Å². The number of nitrogens with zero attached hydrogens (tertiary/aromatic N) is 3. The zero-order chi connectivity index (χ0) is 50.9. The third-order valence-corrected chi connectivity index (χ3v) is 13.0. The van der Waals surface area contributed by atoms with Crippen LogP contribution >= 0.6 is 0 Å². The number of amidine groups is 2. The van der Waals surface area contributed by atoms with Crippen molar-refractivity contribution in [2.75, 3.05) is 57.3 Å². The fraction of sp³-hybridized carbons (Fsp3) is 0.276. The normalized spacial score (nSPS) is 15.2. The molecule has 0 aliphatic carbocycles. The number of rotatable bonds is 11. The van der Waals surface area contributed by atoms with Gasteiger partial charge >= 0.3 is 0 Å². The van der Waals surface area contributed by atoms with Crippen LogP contribution in [0.4, 0.5) is 10.1 Å². The van der Waals surface area contributed by atoms with Crippen LogP contribution in [0.5, 0.6) is 0 Å². The first-order valence-corrected chi connectivity index (χ1v) is 25.1. The maximum Gasteiger partial charge on any atom is 0.256 e. The van der Waals surface area contributed by atoms with Crippen molar-refractivity contribution in [3.63, 3.8) is 0 Å². The minimum absolute atomic E-state index is 0.0658. The summed E-state index contributed by atoms with van der Waals surface area (Å²) in [6.45, 7) is 13.4. The molecule has 2 atom stereocenters. The van der Waals surface area contributed by atoms with Gasteiger partial charge in [-0.1, -0.05) is 86.6 Å². The Morgan fingerprint density at radius 3 is 1.32 bits per heavy atom. The molecular formula is C58H63FN10O4. The summed E-state index contributed by atoms with van der Waals surface area (Å²) < 4.78 is 13.1. The molecule has 14 nitrogen and oxygen atoms in total. The number of aliphatic imine (C=N–C) groups is 2. The van der Waals surface area contributed by atoms with Crippen LogP contribution in [0.25, 0.3) is 0 Å². The fourth-order valence-corrected chi connectivity index (χ4v) is 8.87. The van der Waals surface area contributed by atoms with Gasteiger partial charge in [0.15, 0.2) is 0 Å². The van der Waals surface area contributed by atoms with Gasteiger partial charge in [-0.2, -0.15) is 0 Å². The van der Waals surface area contributed by atoms with Crippen molar-refractivity contribution >= 4 is 41.0 Å². The standard InChI is InChI=1S/C29H31N5O2.C25H22FN3O2.C4H10N2/c1-2-26(20-6-4-3-5-7-20)32-29(36)22-8-9-23-19-31-27(25(23)18-22)33-28(35)21-10-12-24(13-11-21)34-16-14-30-15-17-34;1-2-22(16-6-4-3-5-7-16)28-25(31)18-8-9-19-15-27-23(21(19)14-18)29-24(30)17-10-12-20(26)13-11-17;1-2-6-4-3-5-1/h3-13,18,26,30H,2,14-17,19H2,1H3,(H,32,36)(H,31,33,35);3-14,22H,2,15H2,1H3,(H,28,31)(H,27,29,30);5-6H,1-4H2. The Morgan fingerprint density at radius 2 is 0.904 bits per heavy atom. The Labute approximate surface area is 426 Å². The van der Waals surface area contributed by atoms with Crippen molar-refractivity contribution in [1.29, 1.82) is 0 Å². The van der Waals surface area contributed by atoms with Crippen molar-refractivity contribution in [2.24, 2.45) is 9.98 Å². The molecule has 10 rings (SSSR count). The number of hydrogen-bond acceptors (Lipinski definition) is 10. The first-order chi connectivity index (χ1) is 35.7. The highest BCUT2D eigenvalue weighted by Crippen LogP contribution is 2.24. The molecule has 0 spiro atoms. The van der Waals surface area contributed by atoms with E-state index in [0.29, 0.717) is 47.0 Å². The highest BCUT2D eigenvalue weighted by Gasteiger charge is 2.24. The van der Waals surface area contributed by atoms with E-state index in [1.807, 2.05) is 116 Å². The first kappa shape index (κ1) is 51.5. The topological polar surface area (TPSA) is 180 Å². The van der Waals surface area contributed by atoms with E-state index >= 15 is 0 Å². The summed E-state index contributed by atoms with van der Waals surface area (Å²) >= 11 is 0. The van der Waals surface area contributed by atoms with Crippen LogP contribution in [-0.4, -0.2) is 87.7 Å². The number of fused-ring (bicyclic) bond motifs is 2. The Hall–Kier alpha value is -7.85. The van der Waals surface area contributed by atoms with Gasteiger partial charge in [0, 0.05) is 91.4 Å². The number of piperazine rings is 2. The summed E-state index contributed by atoms with van der Waals surface area (Å²) in [5.41, 5.74) is 8.64. The smallest absolute Gasteiger partial charge is 0.256 e. The third kappa shape index (κ3) is 13.8. The molecule has 2 unspecified atom stereocenters. The van der Waals surface area contributed by atoms with Crippen LogP contribution in [0.1, 0.15) is 114 Å². The van der Waals surface area contributed by atoms with Gasteiger partial charge in [-0.15, -0.1) is 0 Å². The van der Waals surface area contributed by atoms with Gasteiger partial charge in [0.2, 0.25) is 0 Å². The number of hydrogen-bond donors (Lipinski definition) is 7. The lowest BCUT2D eigenvalue weighted by Gasteiger charge is -2.29. The number of anilines is 1. The van der Waals surface area contributed by atoms with Gasteiger partial charge in [-0.25, -0.2) is 4.39 Å². The zero-order valence-corrected chi connectivity index (χ0v) is 41.3. The highest BCUT2D eigenvalue weighted by atomic mass is 19.1. The van der Waals surface area contributed by atoms with Crippen molar-refractivity contribution in [3.8, 4) is 0 Å². The molecule has 7 N–H and O–H groups in total. The highest BCUT2D eigenvalue weighted by molar-refractivity contribution is 6.16. The second-order valence-corrected chi connectivity index (χ2v) is 18.0. The van der Waals surface area contributed by atoms with Gasteiger partial charge in [0.1, 0.15) is 17.5 Å². The average Bonchev–Trinajstić information content (AvgIpc) is 4.05. The van der Waals surface area contributed by atoms with Gasteiger partial charge in [-0.05, 0) is 108 Å². The molecule has 6 aromatic rings. The molecule has 0 radical (unpaired) electrons. The van der Waals surface area contributed by atoms with E-state index in [4.69, 9.17) is 0 Å². The molecule has 2 saturated heterocycles. The third-order valence-electron chi connectivity index (χ3n) is 13.0. The summed E-state index contributed by atoms with van der Waals surface area (Å²) in [4.78, 5) is 62.6. The molecule has 4 aliphatic rings. The fourth-order valence-electron chi connectivity index (χ4n) is 8.87. The average molecular weight is 983 g/mol. The summed E-state index contributed by atoms with van der Waals surface area (Å²) in [6, 6.07) is 43.5. The molecule has 376 valence electrons. The van der Waals surface area contributed by atoms with Crippen LogP contribution in [-0.2, 0) is 13.1 Å². The van der Waals surface area contributed by atoms with E-state index in [1.165, 1.54) is 24.3 Å². The Morgan fingerprint density at radius 1 is 0.507 bits per heavy atom. The van der Waals surface area contributed by atoms with Crippen LogP contribution in [0.15, 0.2) is 156 Å². The van der Waals surface area contributed by atoms with Crippen molar-refractivity contribution in [1.82, 2.24) is 37.2 Å². The summed E-state index contributed by atoms with van der Waals surface area (Å²) in [5.74, 6) is -0.407. The molecule has 4 amide bonds. The van der Waals surface area contributed by atoms with Crippen molar-refractivity contribution < 1.29 is 23.6 Å². The monoisotopic (exact) mass is 983 g/mol. The maximum atomic E-state index is 13.1. The number of carbonyl (C=O) groups excluding carboxylic acids is 4. The minimum atomic E-state index is -0.406. The van der Waals surface area contributed by atoms with Crippen molar-refractivity contribution in [2.45, 2.75) is 51.9 Å². The molecule has 15 heteroatoms. The van der Waals surface area contributed by atoms with Gasteiger partial charge in [0.05, 0.1) is 25.2 Å². The number of halogens is 1. The van der Waals surface area contributed by atoms with Crippen LogP contribution in [0.2, 0.25) is 0 Å². The predicted octanol–water partition coefficient (Wildman–Crippen LogP) is 7.24. The van der Waals surface area contributed by atoms with Crippen LogP contribution in [0, 0.1) is 5.82 Å². The van der Waals surface area contributed by atoms with E-state index in [0.717, 1.165) is 104 Å². The molecule has 6 aromatic carbocycles. The SMILES string of the molecule is C1CNCCN1.CCC(NC(=O)c1ccc2c(c1)C(NC(=O)c1ccc(F)cc1)=NC2)c1ccccc1.CCC(NC(=O)c1ccc2c(c1)C(NC(=O)c1ccc(N3CCNCC3)cc1)=NC2)c1ccccc1. The largest absolute Gasteiger partial charge is 0.369 e. The lowest BCUT2D eigenvalue weighted by Crippen LogP contribution is -2.43. The lowest BCUT2D eigenvalue weighted by molar-refractivity contribution is 0.0927. The molecule has 4 aliphatic heterocycles. The summed E-state index contributed by atoms with van der Waals surface area (Å²) in [5, 5.41) is 21.7. The number of carbonyl (C=O) groups is 4. The molecule has 73 heavy (non-hydrogen) atoms.